The highest BCUT2D eigenvalue weighted by molar-refractivity contribution is 5.95. The van der Waals surface area contributed by atoms with Gasteiger partial charge in [0, 0.05) is 53.5 Å². The molecular formula is C15H22N6O3. The molecule has 0 bridgehead atoms. The molecule has 0 saturated carbocycles. The van der Waals surface area contributed by atoms with Crippen LogP contribution in [-0.4, -0.2) is 84.3 Å². The van der Waals surface area contributed by atoms with Gasteiger partial charge in [0.05, 0.1) is 12.1 Å². The average molecular weight is 334 g/mol. The van der Waals surface area contributed by atoms with Gasteiger partial charge < -0.3 is 20.0 Å². The molecule has 2 rings (SSSR count). The number of carbonyl (C=O) groups is 3. The van der Waals surface area contributed by atoms with Crippen molar-refractivity contribution >= 4 is 23.7 Å². The first-order valence-corrected chi connectivity index (χ1v) is 7.62. The molecule has 130 valence electrons. The fourth-order valence-electron chi connectivity index (χ4n) is 2.58. The molecule has 0 spiro atoms. The predicted octanol–water partition coefficient (Wildman–Crippen LogP) is -1.04. The van der Waals surface area contributed by atoms with E-state index in [-0.39, 0.29) is 24.3 Å². The molecule has 0 aromatic carbocycles. The first kappa shape index (κ1) is 17.6. The molecule has 3 amide bonds. The Morgan fingerprint density at radius 2 is 1.83 bits per heavy atom. The smallest absolute Gasteiger partial charge is 0.257 e. The summed E-state index contributed by atoms with van der Waals surface area (Å²) < 4.78 is 0. The van der Waals surface area contributed by atoms with Crippen LogP contribution in [0.2, 0.25) is 0 Å². The number of hydrogen-bond donors (Lipinski definition) is 1. The van der Waals surface area contributed by atoms with Gasteiger partial charge in [0.2, 0.25) is 17.8 Å². The minimum absolute atomic E-state index is 0.146. The first-order valence-electron chi connectivity index (χ1n) is 7.62. The quantitative estimate of drug-likeness (QED) is 0.758. The van der Waals surface area contributed by atoms with Crippen LogP contribution in [0.4, 0.5) is 5.95 Å². The molecule has 0 radical (unpaired) electrons. The van der Waals surface area contributed by atoms with Gasteiger partial charge in [-0.25, -0.2) is 9.97 Å². The van der Waals surface area contributed by atoms with E-state index in [0.29, 0.717) is 24.6 Å². The Bertz CT molecular complexity index is 631. The summed E-state index contributed by atoms with van der Waals surface area (Å²) >= 11 is 0. The van der Waals surface area contributed by atoms with Gasteiger partial charge in [-0.15, -0.1) is 0 Å². The third kappa shape index (κ3) is 3.61. The van der Waals surface area contributed by atoms with Crippen LogP contribution < -0.4 is 10.2 Å². The number of rotatable bonds is 3. The number of piperazine rings is 1. The minimum atomic E-state index is -0.688. The van der Waals surface area contributed by atoms with E-state index in [9.17, 15) is 14.4 Å². The van der Waals surface area contributed by atoms with Crippen LogP contribution in [0.3, 0.4) is 0 Å². The molecule has 1 fully saturated rings. The molecule has 1 aromatic heterocycles. The van der Waals surface area contributed by atoms with Gasteiger partial charge in [-0.05, 0) is 0 Å². The van der Waals surface area contributed by atoms with E-state index in [0.717, 1.165) is 0 Å². The zero-order chi connectivity index (χ0) is 17.9. The maximum atomic E-state index is 12.6. The molecule has 9 nitrogen and oxygen atoms in total. The highest BCUT2D eigenvalue weighted by Crippen LogP contribution is 2.14. The number of hydrogen-bond acceptors (Lipinski definition) is 6. The first-order chi connectivity index (χ1) is 11.3. The maximum Gasteiger partial charge on any atom is 0.257 e. The molecule has 0 unspecified atom stereocenters. The Hall–Kier alpha value is -2.71. The van der Waals surface area contributed by atoms with Crippen molar-refractivity contribution in [1.82, 2.24) is 25.1 Å². The second-order valence-electron chi connectivity index (χ2n) is 5.76. The van der Waals surface area contributed by atoms with Crippen molar-refractivity contribution in [3.05, 3.63) is 18.0 Å². The normalized spacial score (nSPS) is 17.4. The molecule has 1 atom stereocenters. The van der Waals surface area contributed by atoms with Gasteiger partial charge >= 0.3 is 0 Å². The largest absolute Gasteiger partial charge is 0.357 e. The summed E-state index contributed by atoms with van der Waals surface area (Å²) in [4.78, 5) is 49.4. The topological polar surface area (TPSA) is 98.7 Å². The van der Waals surface area contributed by atoms with Gasteiger partial charge in [-0.3, -0.25) is 14.4 Å². The zero-order valence-corrected chi connectivity index (χ0v) is 14.3. The highest BCUT2D eigenvalue weighted by Gasteiger charge is 2.35. The maximum absolute atomic E-state index is 12.6. The van der Waals surface area contributed by atoms with E-state index in [1.54, 1.807) is 9.80 Å². The molecule has 1 saturated heterocycles. The summed E-state index contributed by atoms with van der Waals surface area (Å²) in [5, 5.41) is 2.54. The number of nitrogens with zero attached hydrogens (tertiary/aromatic N) is 5. The Balaban J connectivity index is 2.15. The van der Waals surface area contributed by atoms with Crippen molar-refractivity contribution in [2.24, 2.45) is 0 Å². The Labute approximate surface area is 140 Å². The number of anilines is 1. The van der Waals surface area contributed by atoms with E-state index in [4.69, 9.17) is 0 Å². The van der Waals surface area contributed by atoms with Crippen molar-refractivity contribution in [2.45, 2.75) is 13.0 Å². The third-order valence-electron chi connectivity index (χ3n) is 3.91. The number of aromatic nitrogens is 2. The van der Waals surface area contributed by atoms with Crippen molar-refractivity contribution in [1.29, 1.82) is 0 Å². The standard InChI is InChI=1S/C15H22N6O3/c1-10(22)21-6-5-20(9-12(21)13(23)16-2)14(24)11-7-17-15(18-8-11)19(3)4/h7-8,12H,5-6,9H2,1-4H3,(H,16,23)/t12-/m1/s1. The van der Waals surface area contributed by atoms with Crippen LogP contribution in [0.25, 0.3) is 0 Å². The molecule has 1 aliphatic heterocycles. The lowest BCUT2D eigenvalue weighted by Crippen LogP contribution is -2.60. The fraction of sp³-hybridized carbons (Fsp3) is 0.533. The Kier molecular flexibility index (Phi) is 5.32. The lowest BCUT2D eigenvalue weighted by molar-refractivity contribution is -0.141. The molecule has 2 heterocycles. The summed E-state index contributed by atoms with van der Waals surface area (Å²) in [6, 6.07) is -0.688. The monoisotopic (exact) mass is 334 g/mol. The van der Waals surface area contributed by atoms with Gasteiger partial charge in [0.1, 0.15) is 6.04 Å². The molecule has 24 heavy (non-hydrogen) atoms. The SMILES string of the molecule is CNC(=O)[C@H]1CN(C(=O)c2cnc(N(C)C)nc2)CCN1C(C)=O. The van der Waals surface area contributed by atoms with E-state index < -0.39 is 6.04 Å². The third-order valence-corrected chi connectivity index (χ3v) is 3.91. The molecule has 0 aliphatic carbocycles. The van der Waals surface area contributed by atoms with Crippen LogP contribution in [0.5, 0.6) is 0 Å². The van der Waals surface area contributed by atoms with Crippen LogP contribution in [-0.2, 0) is 9.59 Å². The molecular weight excluding hydrogens is 312 g/mol. The van der Waals surface area contributed by atoms with Crippen molar-refractivity contribution in [2.75, 3.05) is 45.7 Å². The van der Waals surface area contributed by atoms with Crippen LogP contribution in [0.1, 0.15) is 17.3 Å². The fourth-order valence-corrected chi connectivity index (χ4v) is 2.58. The van der Waals surface area contributed by atoms with Gasteiger partial charge in [0.25, 0.3) is 5.91 Å². The van der Waals surface area contributed by atoms with E-state index in [2.05, 4.69) is 15.3 Å². The van der Waals surface area contributed by atoms with E-state index in [1.165, 1.54) is 31.3 Å². The zero-order valence-electron chi connectivity index (χ0n) is 14.3. The number of carbonyl (C=O) groups excluding carboxylic acids is 3. The summed E-state index contributed by atoms with van der Waals surface area (Å²) in [5.41, 5.74) is 0.354. The summed E-state index contributed by atoms with van der Waals surface area (Å²) in [7, 11) is 5.13. The summed E-state index contributed by atoms with van der Waals surface area (Å²) in [5.74, 6) is -0.218. The molecule has 1 N–H and O–H groups in total. The van der Waals surface area contributed by atoms with Crippen LogP contribution in [0.15, 0.2) is 12.4 Å². The lowest BCUT2D eigenvalue weighted by Gasteiger charge is -2.39. The van der Waals surface area contributed by atoms with Crippen molar-refractivity contribution < 1.29 is 14.4 Å². The summed E-state index contributed by atoms with van der Waals surface area (Å²) in [6.07, 6.45) is 2.94. The Morgan fingerprint density at radius 3 is 2.33 bits per heavy atom. The summed E-state index contributed by atoms with van der Waals surface area (Å²) in [6.45, 7) is 2.24. The van der Waals surface area contributed by atoms with Crippen molar-refractivity contribution in [3.8, 4) is 0 Å². The van der Waals surface area contributed by atoms with E-state index >= 15 is 0 Å². The van der Waals surface area contributed by atoms with Gasteiger partial charge in [0.15, 0.2) is 0 Å². The second kappa shape index (κ2) is 7.24. The second-order valence-corrected chi connectivity index (χ2v) is 5.76. The predicted molar refractivity (Wildman–Crippen MR) is 87.5 cm³/mol. The molecule has 1 aliphatic rings. The van der Waals surface area contributed by atoms with Gasteiger partial charge in [-0.2, -0.15) is 0 Å². The van der Waals surface area contributed by atoms with Crippen molar-refractivity contribution in [3.63, 3.8) is 0 Å². The number of likely N-dealkylation sites (N-methyl/N-ethyl adjacent to an activating group) is 1. The molecule has 9 heteroatoms. The molecule has 1 aromatic rings. The van der Waals surface area contributed by atoms with Gasteiger partial charge in [-0.1, -0.05) is 0 Å². The number of amides is 3. The Morgan fingerprint density at radius 1 is 1.21 bits per heavy atom. The highest BCUT2D eigenvalue weighted by atomic mass is 16.2. The number of nitrogens with one attached hydrogen (secondary N) is 1. The van der Waals surface area contributed by atoms with Crippen LogP contribution >= 0.6 is 0 Å². The van der Waals surface area contributed by atoms with E-state index in [1.807, 2.05) is 14.1 Å². The minimum Gasteiger partial charge on any atom is -0.357 e. The van der Waals surface area contributed by atoms with Crippen LogP contribution in [0, 0.1) is 0 Å². The lowest BCUT2D eigenvalue weighted by atomic mass is 10.1. The average Bonchev–Trinajstić information content (AvgIpc) is 2.59.